The lowest BCUT2D eigenvalue weighted by atomic mass is 10.1. The van der Waals surface area contributed by atoms with Crippen LogP contribution in [0.25, 0.3) is 0 Å². The Balaban J connectivity index is 1.39. The van der Waals surface area contributed by atoms with Crippen LogP contribution in [0.5, 0.6) is 0 Å². The van der Waals surface area contributed by atoms with Crippen molar-refractivity contribution in [2.45, 2.75) is 25.9 Å². The van der Waals surface area contributed by atoms with E-state index in [1.807, 2.05) is 36.4 Å². The molecule has 4 aromatic rings. The second-order valence-electron chi connectivity index (χ2n) is 7.72. The Morgan fingerprint density at radius 3 is 2.24 bits per heavy atom. The molecule has 168 valence electrons. The zero-order chi connectivity index (χ0) is 22.9. The maximum atomic E-state index is 13.1. The SMILES string of the molecule is O=C(CCN(Cc1ccccc1)c1nc(Cc2ccccc2)ns1)NCc1ccc(F)cc1. The van der Waals surface area contributed by atoms with E-state index in [9.17, 15) is 9.18 Å². The number of amides is 1. The molecule has 0 fully saturated rings. The van der Waals surface area contributed by atoms with Gasteiger partial charge in [0, 0.05) is 44.0 Å². The number of halogens is 1. The highest BCUT2D eigenvalue weighted by atomic mass is 32.1. The third-order valence-electron chi connectivity index (χ3n) is 5.16. The van der Waals surface area contributed by atoms with Gasteiger partial charge in [0.25, 0.3) is 0 Å². The summed E-state index contributed by atoms with van der Waals surface area (Å²) in [6, 6.07) is 26.4. The minimum absolute atomic E-state index is 0.0635. The third kappa shape index (κ3) is 6.95. The molecule has 1 aromatic heterocycles. The van der Waals surface area contributed by atoms with Gasteiger partial charge < -0.3 is 10.2 Å². The molecular formula is C26H25FN4OS. The van der Waals surface area contributed by atoms with Gasteiger partial charge in [-0.15, -0.1) is 0 Å². The van der Waals surface area contributed by atoms with Crippen molar-refractivity contribution in [3.8, 4) is 0 Å². The fourth-order valence-electron chi connectivity index (χ4n) is 3.40. The van der Waals surface area contributed by atoms with Gasteiger partial charge in [-0.3, -0.25) is 4.79 Å². The van der Waals surface area contributed by atoms with E-state index in [0.717, 1.165) is 27.6 Å². The smallest absolute Gasteiger partial charge is 0.222 e. The van der Waals surface area contributed by atoms with Crippen molar-refractivity contribution in [1.29, 1.82) is 0 Å². The minimum Gasteiger partial charge on any atom is -0.352 e. The first-order valence-corrected chi connectivity index (χ1v) is 11.6. The average Bonchev–Trinajstić information content (AvgIpc) is 3.31. The second kappa shape index (κ2) is 11.3. The monoisotopic (exact) mass is 460 g/mol. The summed E-state index contributed by atoms with van der Waals surface area (Å²) in [5, 5.41) is 3.71. The number of hydrogen-bond acceptors (Lipinski definition) is 5. The van der Waals surface area contributed by atoms with Crippen LogP contribution in [0.1, 0.15) is 28.9 Å². The van der Waals surface area contributed by atoms with E-state index in [2.05, 4.69) is 38.9 Å². The molecular weight excluding hydrogens is 435 g/mol. The summed E-state index contributed by atoms with van der Waals surface area (Å²) in [5.74, 6) is 0.428. The van der Waals surface area contributed by atoms with Crippen LogP contribution in [0.3, 0.4) is 0 Å². The highest BCUT2D eigenvalue weighted by Crippen LogP contribution is 2.21. The summed E-state index contributed by atoms with van der Waals surface area (Å²) < 4.78 is 17.6. The normalized spacial score (nSPS) is 10.7. The van der Waals surface area contributed by atoms with Crippen molar-refractivity contribution >= 4 is 22.6 Å². The third-order valence-corrected chi connectivity index (χ3v) is 5.98. The van der Waals surface area contributed by atoms with Crippen LogP contribution in [0.4, 0.5) is 9.52 Å². The van der Waals surface area contributed by atoms with Crippen molar-refractivity contribution < 1.29 is 9.18 Å². The van der Waals surface area contributed by atoms with E-state index in [1.54, 1.807) is 12.1 Å². The van der Waals surface area contributed by atoms with E-state index in [4.69, 9.17) is 4.98 Å². The molecule has 1 heterocycles. The van der Waals surface area contributed by atoms with Gasteiger partial charge in [-0.05, 0) is 28.8 Å². The predicted molar refractivity (Wildman–Crippen MR) is 130 cm³/mol. The van der Waals surface area contributed by atoms with Gasteiger partial charge in [0.1, 0.15) is 11.6 Å². The Hall–Kier alpha value is -3.58. The maximum Gasteiger partial charge on any atom is 0.222 e. The number of nitrogens with one attached hydrogen (secondary N) is 1. The Kier molecular flexibility index (Phi) is 7.76. The van der Waals surface area contributed by atoms with Crippen LogP contribution in [-0.4, -0.2) is 21.8 Å². The van der Waals surface area contributed by atoms with E-state index < -0.39 is 0 Å². The molecule has 0 aliphatic heterocycles. The molecule has 0 atom stereocenters. The first kappa shape index (κ1) is 22.6. The Morgan fingerprint density at radius 2 is 1.55 bits per heavy atom. The largest absolute Gasteiger partial charge is 0.352 e. The molecule has 0 saturated carbocycles. The lowest BCUT2D eigenvalue weighted by Gasteiger charge is -2.21. The Bertz CT molecular complexity index is 1150. The minimum atomic E-state index is -0.287. The Labute approximate surface area is 197 Å². The molecule has 7 heteroatoms. The Morgan fingerprint density at radius 1 is 0.879 bits per heavy atom. The van der Waals surface area contributed by atoms with Gasteiger partial charge in [-0.1, -0.05) is 72.8 Å². The van der Waals surface area contributed by atoms with Gasteiger partial charge in [0.05, 0.1) is 0 Å². The standard InChI is InChI=1S/C26H25FN4OS/c27-23-13-11-21(12-14-23)18-28-25(32)15-16-31(19-22-9-5-2-6-10-22)26-29-24(30-33-26)17-20-7-3-1-4-8-20/h1-14H,15-19H2,(H,28,32). The number of carbonyl (C=O) groups is 1. The zero-order valence-electron chi connectivity index (χ0n) is 18.2. The average molecular weight is 461 g/mol. The molecule has 0 aliphatic carbocycles. The first-order chi connectivity index (χ1) is 16.2. The number of rotatable bonds is 10. The molecule has 5 nitrogen and oxygen atoms in total. The highest BCUT2D eigenvalue weighted by molar-refractivity contribution is 7.09. The summed E-state index contributed by atoms with van der Waals surface area (Å²) in [6.07, 6.45) is 0.996. The van der Waals surface area contributed by atoms with Crippen molar-refractivity contribution in [1.82, 2.24) is 14.7 Å². The van der Waals surface area contributed by atoms with Crippen molar-refractivity contribution in [2.24, 2.45) is 0 Å². The molecule has 0 radical (unpaired) electrons. The number of benzene rings is 3. The van der Waals surface area contributed by atoms with Crippen molar-refractivity contribution in [2.75, 3.05) is 11.4 Å². The van der Waals surface area contributed by atoms with E-state index in [-0.39, 0.29) is 11.7 Å². The maximum absolute atomic E-state index is 13.1. The summed E-state index contributed by atoms with van der Waals surface area (Å²) in [4.78, 5) is 19.3. The molecule has 0 spiro atoms. The molecule has 1 N–H and O–H groups in total. The molecule has 0 bridgehead atoms. The van der Waals surface area contributed by atoms with E-state index in [1.165, 1.54) is 23.7 Å². The molecule has 0 saturated heterocycles. The summed E-state index contributed by atoms with van der Waals surface area (Å²) >= 11 is 1.36. The van der Waals surface area contributed by atoms with Crippen LogP contribution >= 0.6 is 11.5 Å². The molecule has 4 rings (SSSR count). The van der Waals surface area contributed by atoms with Gasteiger partial charge >= 0.3 is 0 Å². The number of nitrogens with zero attached hydrogens (tertiary/aromatic N) is 3. The van der Waals surface area contributed by atoms with Crippen molar-refractivity contribution in [3.05, 3.63) is 113 Å². The number of anilines is 1. The summed E-state index contributed by atoms with van der Waals surface area (Å²) in [7, 11) is 0. The van der Waals surface area contributed by atoms with Crippen LogP contribution < -0.4 is 10.2 Å². The lowest BCUT2D eigenvalue weighted by molar-refractivity contribution is -0.121. The van der Waals surface area contributed by atoms with Gasteiger partial charge in [0.15, 0.2) is 0 Å². The number of hydrogen-bond donors (Lipinski definition) is 1. The molecule has 0 aliphatic rings. The fraction of sp³-hybridized carbons (Fsp3) is 0.192. The van der Waals surface area contributed by atoms with Crippen molar-refractivity contribution in [3.63, 3.8) is 0 Å². The first-order valence-electron chi connectivity index (χ1n) is 10.8. The zero-order valence-corrected chi connectivity index (χ0v) is 19.0. The van der Waals surface area contributed by atoms with Gasteiger partial charge in [0.2, 0.25) is 11.0 Å². The van der Waals surface area contributed by atoms with E-state index >= 15 is 0 Å². The van der Waals surface area contributed by atoms with Crippen LogP contribution in [0.15, 0.2) is 84.9 Å². The summed E-state index contributed by atoms with van der Waals surface area (Å²) in [6.45, 7) is 1.54. The van der Waals surface area contributed by atoms with Crippen LogP contribution in [-0.2, 0) is 24.3 Å². The highest BCUT2D eigenvalue weighted by Gasteiger charge is 2.15. The second-order valence-corrected chi connectivity index (χ2v) is 8.45. The quantitative estimate of drug-likeness (QED) is 0.363. The van der Waals surface area contributed by atoms with E-state index in [0.29, 0.717) is 32.5 Å². The topological polar surface area (TPSA) is 58.1 Å². The van der Waals surface area contributed by atoms with Crippen LogP contribution in [0, 0.1) is 5.82 Å². The molecule has 33 heavy (non-hydrogen) atoms. The van der Waals surface area contributed by atoms with Gasteiger partial charge in [-0.25, -0.2) is 9.37 Å². The number of carbonyl (C=O) groups excluding carboxylic acids is 1. The molecule has 3 aromatic carbocycles. The lowest BCUT2D eigenvalue weighted by Crippen LogP contribution is -2.30. The molecule has 1 amide bonds. The summed E-state index contributed by atoms with van der Waals surface area (Å²) in [5.41, 5.74) is 3.17. The number of aromatic nitrogens is 2. The van der Waals surface area contributed by atoms with Crippen LogP contribution in [0.2, 0.25) is 0 Å². The fourth-order valence-corrected chi connectivity index (χ4v) is 4.11. The van der Waals surface area contributed by atoms with Gasteiger partial charge in [-0.2, -0.15) is 4.37 Å². The molecule has 0 unspecified atom stereocenters. The predicted octanol–water partition coefficient (Wildman–Crippen LogP) is 4.98.